The van der Waals surface area contributed by atoms with Gasteiger partial charge in [-0.2, -0.15) is 0 Å². The Hall–Kier alpha value is -2.48. The van der Waals surface area contributed by atoms with Gasteiger partial charge in [0, 0.05) is 6.07 Å². The number of carboxylic acid groups (broad SMARTS) is 1. The van der Waals surface area contributed by atoms with E-state index in [9.17, 15) is 14.9 Å². The minimum absolute atomic E-state index is 0.0774. The van der Waals surface area contributed by atoms with Crippen LogP contribution in [0.5, 0.6) is 11.6 Å². The third kappa shape index (κ3) is 3.34. The van der Waals surface area contributed by atoms with Crippen LogP contribution in [0.25, 0.3) is 0 Å². The Bertz CT molecular complexity index is 732. The molecular weight excluding hydrogens is 344 g/mol. The van der Waals surface area contributed by atoms with Gasteiger partial charge in [-0.1, -0.05) is 6.07 Å². The topological polar surface area (TPSA) is 103 Å². The van der Waals surface area contributed by atoms with E-state index < -0.39 is 10.9 Å². The Morgan fingerprint density at radius 2 is 2.14 bits per heavy atom. The first-order valence-corrected chi connectivity index (χ1v) is 6.49. The largest absolute Gasteiger partial charge is 0.478 e. The summed E-state index contributed by atoms with van der Waals surface area (Å²) < 4.78 is 5.82. The smallest absolute Gasteiger partial charge is 0.335 e. The Balaban J connectivity index is 2.36. The highest BCUT2D eigenvalue weighted by atomic mass is 79.9. The number of benzene rings is 1. The molecule has 7 nitrogen and oxygen atoms in total. The Morgan fingerprint density at radius 1 is 1.43 bits per heavy atom. The SMILES string of the molecule is Cc1ccc(C(=O)O)cc1Oc1ncc([N+](=O)[O-])cc1Br. The van der Waals surface area contributed by atoms with E-state index in [1.807, 2.05) is 0 Å². The van der Waals surface area contributed by atoms with Crippen LogP contribution >= 0.6 is 15.9 Å². The van der Waals surface area contributed by atoms with Crippen LogP contribution in [0.15, 0.2) is 34.9 Å². The minimum atomic E-state index is -1.07. The van der Waals surface area contributed by atoms with Crippen molar-refractivity contribution in [2.24, 2.45) is 0 Å². The van der Waals surface area contributed by atoms with Gasteiger partial charge in [-0.05, 0) is 40.5 Å². The molecule has 2 rings (SSSR count). The van der Waals surface area contributed by atoms with E-state index in [0.717, 1.165) is 6.20 Å². The van der Waals surface area contributed by atoms with Gasteiger partial charge in [0.05, 0.1) is 15.0 Å². The molecule has 0 bridgehead atoms. The zero-order chi connectivity index (χ0) is 15.6. The lowest BCUT2D eigenvalue weighted by Crippen LogP contribution is -1.99. The van der Waals surface area contributed by atoms with Crippen molar-refractivity contribution in [1.29, 1.82) is 0 Å². The fourth-order valence-electron chi connectivity index (χ4n) is 1.54. The van der Waals surface area contributed by atoms with Crippen molar-refractivity contribution in [1.82, 2.24) is 4.98 Å². The molecule has 1 N–H and O–H groups in total. The molecule has 0 saturated heterocycles. The van der Waals surface area contributed by atoms with Gasteiger partial charge in [0.2, 0.25) is 5.88 Å². The lowest BCUT2D eigenvalue weighted by Gasteiger charge is -2.09. The number of nitro groups is 1. The van der Waals surface area contributed by atoms with E-state index in [2.05, 4.69) is 20.9 Å². The lowest BCUT2D eigenvalue weighted by atomic mass is 10.1. The normalized spacial score (nSPS) is 10.2. The molecule has 1 aromatic heterocycles. The Morgan fingerprint density at radius 3 is 2.71 bits per heavy atom. The van der Waals surface area contributed by atoms with Gasteiger partial charge < -0.3 is 9.84 Å². The lowest BCUT2D eigenvalue weighted by molar-refractivity contribution is -0.385. The van der Waals surface area contributed by atoms with Gasteiger partial charge in [0.1, 0.15) is 11.9 Å². The highest BCUT2D eigenvalue weighted by Gasteiger charge is 2.14. The maximum absolute atomic E-state index is 10.9. The van der Waals surface area contributed by atoms with E-state index in [1.165, 1.54) is 18.2 Å². The monoisotopic (exact) mass is 352 g/mol. The fraction of sp³-hybridized carbons (Fsp3) is 0.0769. The highest BCUT2D eigenvalue weighted by molar-refractivity contribution is 9.10. The predicted octanol–water partition coefficient (Wildman–Crippen LogP) is 3.55. The number of ether oxygens (including phenoxy) is 1. The number of halogens is 1. The standard InChI is InChI=1S/C13H9BrN2O5/c1-7-2-3-8(13(17)18)4-11(7)21-12-10(14)5-9(6-15-12)16(19)20/h2-6H,1H3,(H,17,18). The minimum Gasteiger partial charge on any atom is -0.478 e. The highest BCUT2D eigenvalue weighted by Crippen LogP contribution is 2.32. The second-order valence-electron chi connectivity index (χ2n) is 4.13. The third-order valence-electron chi connectivity index (χ3n) is 2.65. The van der Waals surface area contributed by atoms with Crippen LogP contribution in [0.2, 0.25) is 0 Å². The second-order valence-corrected chi connectivity index (χ2v) is 4.98. The van der Waals surface area contributed by atoms with Crippen LogP contribution in [-0.4, -0.2) is 21.0 Å². The molecule has 1 heterocycles. The quantitative estimate of drug-likeness (QED) is 0.666. The Labute approximate surface area is 127 Å². The van der Waals surface area contributed by atoms with Crippen molar-refractivity contribution in [3.8, 4) is 11.6 Å². The predicted molar refractivity (Wildman–Crippen MR) is 76.8 cm³/mol. The zero-order valence-electron chi connectivity index (χ0n) is 10.7. The van der Waals surface area contributed by atoms with E-state index in [-0.39, 0.29) is 17.1 Å². The molecule has 21 heavy (non-hydrogen) atoms. The first-order chi connectivity index (χ1) is 9.88. The maximum Gasteiger partial charge on any atom is 0.335 e. The summed E-state index contributed by atoms with van der Waals surface area (Å²) in [4.78, 5) is 24.9. The summed E-state index contributed by atoms with van der Waals surface area (Å²) in [5, 5.41) is 19.6. The summed E-state index contributed by atoms with van der Waals surface area (Å²) in [7, 11) is 0. The number of nitrogens with zero attached hydrogens (tertiary/aromatic N) is 2. The summed E-state index contributed by atoms with van der Waals surface area (Å²) in [5.74, 6) is -0.640. The summed E-state index contributed by atoms with van der Waals surface area (Å²) >= 11 is 3.14. The fourth-order valence-corrected chi connectivity index (χ4v) is 1.96. The number of rotatable bonds is 4. The van der Waals surface area contributed by atoms with Crippen molar-refractivity contribution in [2.75, 3.05) is 0 Å². The zero-order valence-corrected chi connectivity index (χ0v) is 12.3. The molecular formula is C13H9BrN2O5. The van der Waals surface area contributed by atoms with Gasteiger partial charge in [0.25, 0.3) is 5.69 Å². The van der Waals surface area contributed by atoms with Crippen LogP contribution < -0.4 is 4.74 Å². The third-order valence-corrected chi connectivity index (χ3v) is 3.21. The van der Waals surface area contributed by atoms with Crippen molar-refractivity contribution in [3.05, 3.63) is 56.2 Å². The molecule has 0 spiro atoms. The first-order valence-electron chi connectivity index (χ1n) is 5.70. The van der Waals surface area contributed by atoms with Gasteiger partial charge in [-0.15, -0.1) is 0 Å². The molecule has 108 valence electrons. The second kappa shape index (κ2) is 5.88. The van der Waals surface area contributed by atoms with E-state index in [1.54, 1.807) is 13.0 Å². The van der Waals surface area contributed by atoms with Crippen LogP contribution in [0, 0.1) is 17.0 Å². The summed E-state index contributed by atoms with van der Waals surface area (Å²) in [5.41, 5.74) is 0.617. The molecule has 0 unspecified atom stereocenters. The van der Waals surface area contributed by atoms with Gasteiger partial charge in [-0.3, -0.25) is 10.1 Å². The number of pyridine rings is 1. The molecule has 0 atom stereocenters. The number of hydrogen-bond donors (Lipinski definition) is 1. The number of aromatic carboxylic acids is 1. The van der Waals surface area contributed by atoms with Gasteiger partial charge >= 0.3 is 5.97 Å². The van der Waals surface area contributed by atoms with Crippen molar-refractivity contribution < 1.29 is 19.6 Å². The van der Waals surface area contributed by atoms with Gasteiger partial charge in [0.15, 0.2) is 0 Å². The van der Waals surface area contributed by atoms with E-state index in [0.29, 0.717) is 15.8 Å². The molecule has 0 saturated carbocycles. The number of aromatic nitrogens is 1. The number of carbonyl (C=O) groups is 1. The van der Waals surface area contributed by atoms with Crippen molar-refractivity contribution in [2.45, 2.75) is 6.92 Å². The summed E-state index contributed by atoms with van der Waals surface area (Å²) in [6.07, 6.45) is 1.07. The molecule has 0 fully saturated rings. The average Bonchev–Trinajstić information content (AvgIpc) is 2.42. The van der Waals surface area contributed by atoms with Crippen LogP contribution in [0.4, 0.5) is 5.69 Å². The van der Waals surface area contributed by atoms with Gasteiger partial charge in [-0.25, -0.2) is 9.78 Å². The molecule has 0 aliphatic rings. The molecule has 0 radical (unpaired) electrons. The van der Waals surface area contributed by atoms with Crippen molar-refractivity contribution in [3.63, 3.8) is 0 Å². The molecule has 0 amide bonds. The van der Waals surface area contributed by atoms with Crippen LogP contribution in [-0.2, 0) is 0 Å². The summed E-state index contributed by atoms with van der Waals surface area (Å²) in [6, 6.07) is 5.70. The number of carboxylic acids is 1. The van der Waals surface area contributed by atoms with E-state index >= 15 is 0 Å². The molecule has 0 aliphatic carbocycles. The molecule has 1 aromatic carbocycles. The molecule has 2 aromatic rings. The average molecular weight is 353 g/mol. The molecule has 8 heteroatoms. The Kier molecular flexibility index (Phi) is 4.18. The van der Waals surface area contributed by atoms with E-state index in [4.69, 9.17) is 9.84 Å². The number of aryl methyl sites for hydroxylation is 1. The van der Waals surface area contributed by atoms with Crippen molar-refractivity contribution >= 4 is 27.6 Å². The maximum atomic E-state index is 10.9. The first kappa shape index (κ1) is 14.9. The molecule has 0 aliphatic heterocycles. The number of hydrogen-bond acceptors (Lipinski definition) is 5. The van der Waals surface area contributed by atoms with Crippen LogP contribution in [0.1, 0.15) is 15.9 Å². The van der Waals surface area contributed by atoms with Crippen LogP contribution in [0.3, 0.4) is 0 Å². The summed E-state index contributed by atoms with van der Waals surface area (Å²) in [6.45, 7) is 1.75.